The first kappa shape index (κ1) is 18.9. The van der Waals surface area contributed by atoms with Crippen LogP contribution in [0.5, 0.6) is 0 Å². The number of nitrogens with zero attached hydrogens (tertiary/aromatic N) is 1. The van der Waals surface area contributed by atoms with Gasteiger partial charge in [0, 0.05) is 37.5 Å². The molecule has 0 aromatic heterocycles. The Morgan fingerprint density at radius 2 is 1.73 bits per heavy atom. The van der Waals surface area contributed by atoms with E-state index in [0.717, 1.165) is 63.0 Å². The monoisotopic (exact) mass is 358 g/mol. The molecular weight excluding hydrogens is 326 g/mol. The van der Waals surface area contributed by atoms with Crippen LogP contribution in [0, 0.1) is 6.92 Å². The van der Waals surface area contributed by atoms with E-state index >= 15 is 0 Å². The minimum Gasteiger partial charge on any atom is -0.349 e. The number of benzene rings is 1. The van der Waals surface area contributed by atoms with E-state index in [9.17, 15) is 9.59 Å². The van der Waals surface area contributed by atoms with E-state index < -0.39 is 0 Å². The van der Waals surface area contributed by atoms with Gasteiger partial charge < -0.3 is 15.1 Å². The van der Waals surface area contributed by atoms with Crippen LogP contribution >= 0.6 is 0 Å². The quantitative estimate of drug-likeness (QED) is 0.849. The largest absolute Gasteiger partial charge is 0.349 e. The third kappa shape index (κ3) is 5.07. The number of aryl methyl sites for hydroxylation is 1. The number of piperidine rings is 1. The molecule has 0 radical (unpaired) electrons. The predicted molar refractivity (Wildman–Crippen MR) is 102 cm³/mol. The minimum absolute atomic E-state index is 0.0252. The molecule has 0 saturated carbocycles. The maximum absolute atomic E-state index is 12.5. The first-order chi connectivity index (χ1) is 12.6. The maximum atomic E-state index is 12.5. The van der Waals surface area contributed by atoms with Crippen molar-refractivity contribution in [3.8, 4) is 0 Å². The number of amides is 2. The number of quaternary nitrogens is 1. The fourth-order valence-electron chi connectivity index (χ4n) is 4.08. The van der Waals surface area contributed by atoms with Gasteiger partial charge in [-0.1, -0.05) is 31.0 Å². The summed E-state index contributed by atoms with van der Waals surface area (Å²) in [5, 5.41) is 3.17. The van der Waals surface area contributed by atoms with Gasteiger partial charge in [-0.3, -0.25) is 9.59 Å². The highest BCUT2D eigenvalue weighted by Gasteiger charge is 2.27. The van der Waals surface area contributed by atoms with Gasteiger partial charge in [0.1, 0.15) is 0 Å². The summed E-state index contributed by atoms with van der Waals surface area (Å²) in [5.74, 6) is 0.335. The first-order valence-electron chi connectivity index (χ1n) is 10.1. The van der Waals surface area contributed by atoms with Gasteiger partial charge in [-0.2, -0.15) is 0 Å². The Balaban J connectivity index is 1.43. The van der Waals surface area contributed by atoms with Gasteiger partial charge in [0.25, 0.3) is 11.8 Å². The molecule has 5 nitrogen and oxygen atoms in total. The van der Waals surface area contributed by atoms with Gasteiger partial charge in [-0.15, -0.1) is 0 Å². The molecule has 0 spiro atoms. The zero-order valence-electron chi connectivity index (χ0n) is 15.9. The average Bonchev–Trinajstić information content (AvgIpc) is 2.93. The topological polar surface area (TPSA) is 53.9 Å². The molecule has 2 aliphatic heterocycles. The normalized spacial score (nSPS) is 24.0. The molecule has 142 valence electrons. The number of nitrogens with one attached hydrogen (secondary N) is 2. The minimum atomic E-state index is 0.0252. The fraction of sp³-hybridized carbons (Fsp3) is 0.619. The van der Waals surface area contributed by atoms with E-state index in [1.54, 1.807) is 0 Å². The lowest BCUT2D eigenvalue weighted by molar-refractivity contribution is -0.897. The van der Waals surface area contributed by atoms with E-state index in [-0.39, 0.29) is 11.9 Å². The van der Waals surface area contributed by atoms with Crippen molar-refractivity contribution in [2.24, 2.45) is 0 Å². The molecule has 2 N–H and O–H groups in total. The van der Waals surface area contributed by atoms with Crippen molar-refractivity contribution in [3.05, 3.63) is 35.4 Å². The number of rotatable bonds is 4. The number of hydrogen-bond acceptors (Lipinski definition) is 2. The van der Waals surface area contributed by atoms with Crippen LogP contribution in [-0.2, 0) is 4.79 Å². The highest BCUT2D eigenvalue weighted by Crippen LogP contribution is 2.10. The summed E-state index contributed by atoms with van der Waals surface area (Å²) >= 11 is 0. The van der Waals surface area contributed by atoms with Crippen molar-refractivity contribution in [1.82, 2.24) is 10.2 Å². The summed E-state index contributed by atoms with van der Waals surface area (Å²) in [6.45, 7) is 6.35. The zero-order chi connectivity index (χ0) is 18.4. The summed E-state index contributed by atoms with van der Waals surface area (Å²) < 4.78 is 0. The van der Waals surface area contributed by atoms with Crippen LogP contribution in [0.25, 0.3) is 0 Å². The van der Waals surface area contributed by atoms with E-state index in [2.05, 4.69) is 10.2 Å². The second-order valence-corrected chi connectivity index (χ2v) is 7.78. The molecule has 0 bridgehead atoms. The Morgan fingerprint density at radius 1 is 1.08 bits per heavy atom. The summed E-state index contributed by atoms with van der Waals surface area (Å²) in [4.78, 5) is 28.4. The molecule has 1 aromatic rings. The lowest BCUT2D eigenvalue weighted by Crippen LogP contribution is -3.14. The lowest BCUT2D eigenvalue weighted by atomic mass is 10.0. The van der Waals surface area contributed by atoms with Crippen molar-refractivity contribution in [1.29, 1.82) is 0 Å². The maximum Gasteiger partial charge on any atom is 0.277 e. The van der Waals surface area contributed by atoms with Gasteiger partial charge in [-0.25, -0.2) is 0 Å². The van der Waals surface area contributed by atoms with E-state index in [0.29, 0.717) is 12.5 Å². The first-order valence-corrected chi connectivity index (χ1v) is 10.1. The molecule has 0 unspecified atom stereocenters. The molecule has 1 aromatic carbocycles. The second-order valence-electron chi connectivity index (χ2n) is 7.78. The Hall–Kier alpha value is -1.88. The number of carbonyl (C=O) groups excluding carboxylic acids is 2. The van der Waals surface area contributed by atoms with Crippen molar-refractivity contribution >= 4 is 11.8 Å². The zero-order valence-corrected chi connectivity index (χ0v) is 15.9. The highest BCUT2D eigenvalue weighted by atomic mass is 16.2. The average molecular weight is 359 g/mol. The molecule has 2 aliphatic rings. The number of likely N-dealkylation sites (tertiary alicyclic amines) is 2. The van der Waals surface area contributed by atoms with Gasteiger partial charge in [0.15, 0.2) is 6.54 Å². The summed E-state index contributed by atoms with van der Waals surface area (Å²) in [5.41, 5.74) is 1.77. The van der Waals surface area contributed by atoms with Crippen LogP contribution in [0.3, 0.4) is 0 Å². The van der Waals surface area contributed by atoms with Crippen LogP contribution in [0.2, 0.25) is 0 Å². The van der Waals surface area contributed by atoms with Gasteiger partial charge in [0.2, 0.25) is 0 Å². The SMILES string of the molecule is Cc1ccccc1C(=O)NC1CC[NH+](CC(=O)N2CCCCCC2)CC1. The molecule has 2 fully saturated rings. The van der Waals surface area contributed by atoms with Crippen molar-refractivity contribution in [2.75, 3.05) is 32.7 Å². The Kier molecular flexibility index (Phi) is 6.67. The van der Waals surface area contributed by atoms with Gasteiger partial charge in [0.05, 0.1) is 13.1 Å². The summed E-state index contributed by atoms with van der Waals surface area (Å²) in [7, 11) is 0. The third-order valence-corrected chi connectivity index (χ3v) is 5.78. The van der Waals surface area contributed by atoms with E-state index in [4.69, 9.17) is 0 Å². The van der Waals surface area contributed by atoms with Crippen molar-refractivity contribution in [3.63, 3.8) is 0 Å². The summed E-state index contributed by atoms with van der Waals surface area (Å²) in [6.07, 6.45) is 6.69. The Morgan fingerprint density at radius 3 is 2.38 bits per heavy atom. The highest BCUT2D eigenvalue weighted by molar-refractivity contribution is 5.95. The smallest absolute Gasteiger partial charge is 0.277 e. The Bertz CT molecular complexity index is 615. The van der Waals surface area contributed by atoms with Crippen LogP contribution < -0.4 is 10.2 Å². The molecule has 26 heavy (non-hydrogen) atoms. The van der Waals surface area contributed by atoms with Crippen molar-refractivity contribution < 1.29 is 14.5 Å². The summed E-state index contributed by atoms with van der Waals surface area (Å²) in [6, 6.07) is 7.93. The molecule has 3 rings (SSSR count). The molecule has 2 saturated heterocycles. The third-order valence-electron chi connectivity index (χ3n) is 5.78. The lowest BCUT2D eigenvalue weighted by Gasteiger charge is -2.31. The van der Waals surface area contributed by atoms with Crippen LogP contribution in [0.4, 0.5) is 0 Å². The van der Waals surface area contributed by atoms with Crippen molar-refractivity contribution in [2.45, 2.75) is 51.5 Å². The predicted octanol–water partition coefficient (Wildman–Crippen LogP) is 1.17. The number of hydrogen-bond donors (Lipinski definition) is 2. The Labute approximate surface area is 156 Å². The van der Waals surface area contributed by atoms with Gasteiger partial charge >= 0.3 is 0 Å². The standard InChI is InChI=1S/C21H31N3O2/c1-17-8-4-5-9-19(17)21(26)22-18-10-14-23(15-11-18)16-20(25)24-12-6-2-3-7-13-24/h4-5,8-9,18H,2-3,6-7,10-16H2,1H3,(H,22,26)/p+1. The molecule has 2 amide bonds. The van der Waals surface area contributed by atoms with Crippen LogP contribution in [-0.4, -0.2) is 55.5 Å². The van der Waals surface area contributed by atoms with Crippen LogP contribution in [0.15, 0.2) is 24.3 Å². The molecular formula is C21H32N3O2+. The molecule has 5 heteroatoms. The van der Waals surface area contributed by atoms with E-state index in [1.807, 2.05) is 31.2 Å². The molecule has 0 aliphatic carbocycles. The fourth-order valence-corrected chi connectivity index (χ4v) is 4.08. The number of carbonyl (C=O) groups is 2. The molecule has 2 heterocycles. The molecule has 0 atom stereocenters. The van der Waals surface area contributed by atoms with Gasteiger partial charge in [-0.05, 0) is 31.4 Å². The van der Waals surface area contributed by atoms with Crippen LogP contribution in [0.1, 0.15) is 54.4 Å². The van der Waals surface area contributed by atoms with E-state index in [1.165, 1.54) is 17.7 Å². The second kappa shape index (κ2) is 9.17.